The van der Waals surface area contributed by atoms with Gasteiger partial charge >= 0.3 is 0 Å². The number of carbonyl (C=O) groups excluding carboxylic acids is 2. The lowest BCUT2D eigenvalue weighted by molar-refractivity contribution is -0.125. The van der Waals surface area contributed by atoms with Crippen molar-refractivity contribution in [1.29, 1.82) is 0 Å². The van der Waals surface area contributed by atoms with Crippen LogP contribution in [-0.2, 0) is 9.59 Å². The van der Waals surface area contributed by atoms with Crippen molar-refractivity contribution in [2.24, 2.45) is 0 Å². The van der Waals surface area contributed by atoms with Crippen molar-refractivity contribution in [2.45, 2.75) is 25.4 Å². The minimum Gasteiger partial charge on any atom is -0.373 e. The number of anilines is 2. The average molecular weight is 359 g/mol. The zero-order valence-corrected chi connectivity index (χ0v) is 15.0. The summed E-state index contributed by atoms with van der Waals surface area (Å²) >= 11 is 0. The second kappa shape index (κ2) is 7.11. The Hall–Kier alpha value is -3.34. The number of nitrogens with one attached hydrogen (secondary N) is 3. The Bertz CT molecular complexity index is 996. The van der Waals surface area contributed by atoms with Crippen LogP contribution in [0.2, 0.25) is 0 Å². The molecule has 3 aromatic rings. The summed E-state index contributed by atoms with van der Waals surface area (Å²) in [7, 11) is 0. The van der Waals surface area contributed by atoms with Crippen LogP contribution < -0.4 is 16.0 Å². The molecule has 27 heavy (non-hydrogen) atoms. The van der Waals surface area contributed by atoms with Crippen LogP contribution in [0.3, 0.4) is 0 Å². The van der Waals surface area contributed by atoms with E-state index in [2.05, 4.69) is 16.0 Å². The molecule has 0 bridgehead atoms. The number of rotatable bonds is 4. The van der Waals surface area contributed by atoms with Gasteiger partial charge in [-0.1, -0.05) is 54.6 Å². The molecule has 1 heterocycles. The molecular formula is C22H21N3O2. The number of hydrogen-bond acceptors (Lipinski definition) is 3. The second-order valence-corrected chi connectivity index (χ2v) is 6.80. The van der Waals surface area contributed by atoms with E-state index in [1.807, 2.05) is 73.7 Å². The normalized spacial score (nSPS) is 16.8. The van der Waals surface area contributed by atoms with Crippen LogP contribution in [-0.4, -0.2) is 17.9 Å². The Kier molecular flexibility index (Phi) is 4.50. The van der Waals surface area contributed by atoms with Crippen LogP contribution >= 0.6 is 0 Å². The molecule has 0 radical (unpaired) electrons. The van der Waals surface area contributed by atoms with Crippen molar-refractivity contribution in [1.82, 2.24) is 5.32 Å². The fourth-order valence-electron chi connectivity index (χ4n) is 3.49. The molecule has 0 fully saturated rings. The summed E-state index contributed by atoms with van der Waals surface area (Å²) < 4.78 is 0. The molecule has 0 aromatic heterocycles. The van der Waals surface area contributed by atoms with E-state index >= 15 is 0 Å². The summed E-state index contributed by atoms with van der Waals surface area (Å²) in [6, 6.07) is 20.7. The molecule has 5 nitrogen and oxygen atoms in total. The SMILES string of the molecule is C[C@@H](NC(=O)C[C@@H]1Nc2cccc3cccc(c23)NC1=O)c1ccccc1. The molecule has 2 amide bonds. The van der Waals surface area contributed by atoms with E-state index in [0.717, 1.165) is 27.7 Å². The van der Waals surface area contributed by atoms with Crippen LogP contribution in [0.15, 0.2) is 66.7 Å². The van der Waals surface area contributed by atoms with Crippen LogP contribution in [0.1, 0.15) is 24.9 Å². The maximum atomic E-state index is 12.7. The quantitative estimate of drug-likeness (QED) is 0.663. The van der Waals surface area contributed by atoms with Gasteiger partial charge in [-0.25, -0.2) is 0 Å². The van der Waals surface area contributed by atoms with E-state index in [1.165, 1.54) is 0 Å². The maximum Gasteiger partial charge on any atom is 0.247 e. The first-order valence-corrected chi connectivity index (χ1v) is 9.05. The van der Waals surface area contributed by atoms with E-state index in [4.69, 9.17) is 0 Å². The molecule has 1 aliphatic rings. The first-order valence-electron chi connectivity index (χ1n) is 9.05. The lowest BCUT2D eigenvalue weighted by atomic mass is 10.1. The molecule has 3 N–H and O–H groups in total. The van der Waals surface area contributed by atoms with Crippen LogP contribution in [0.5, 0.6) is 0 Å². The fraction of sp³-hybridized carbons (Fsp3) is 0.182. The van der Waals surface area contributed by atoms with Crippen molar-refractivity contribution >= 4 is 34.0 Å². The molecule has 1 aliphatic heterocycles. The van der Waals surface area contributed by atoms with Crippen molar-refractivity contribution in [3.05, 3.63) is 72.3 Å². The summed E-state index contributed by atoms with van der Waals surface area (Å²) in [5.41, 5.74) is 2.65. The first kappa shape index (κ1) is 17.1. The van der Waals surface area contributed by atoms with Gasteiger partial charge in [0.15, 0.2) is 0 Å². The van der Waals surface area contributed by atoms with E-state index in [0.29, 0.717) is 0 Å². The van der Waals surface area contributed by atoms with E-state index in [9.17, 15) is 9.59 Å². The van der Waals surface area contributed by atoms with Crippen LogP contribution in [0, 0.1) is 0 Å². The number of benzene rings is 3. The van der Waals surface area contributed by atoms with Gasteiger partial charge in [0.2, 0.25) is 11.8 Å². The third kappa shape index (κ3) is 3.49. The number of hydrogen-bond donors (Lipinski definition) is 3. The standard InChI is InChI=1S/C22H21N3O2/c1-14(15-7-3-2-4-8-15)23-20(26)13-19-22(27)25-18-12-6-10-16-9-5-11-17(24-19)21(16)18/h2-12,14,19,24H,13H2,1H3,(H,23,26)(H,25,27)/t14-,19+/m1/s1. The lowest BCUT2D eigenvalue weighted by Crippen LogP contribution is -2.39. The molecule has 4 rings (SSSR count). The van der Waals surface area contributed by atoms with Gasteiger partial charge in [-0.2, -0.15) is 0 Å². The molecule has 2 atom stereocenters. The highest BCUT2D eigenvalue weighted by atomic mass is 16.2. The summed E-state index contributed by atoms with van der Waals surface area (Å²) in [4.78, 5) is 25.2. The predicted octanol–water partition coefficient (Wildman–Crippen LogP) is 3.84. The van der Waals surface area contributed by atoms with Gasteiger partial charge in [-0.05, 0) is 30.0 Å². The van der Waals surface area contributed by atoms with Crippen molar-refractivity contribution in [3.8, 4) is 0 Å². The third-order valence-corrected chi connectivity index (χ3v) is 4.88. The van der Waals surface area contributed by atoms with E-state index in [1.54, 1.807) is 0 Å². The smallest absolute Gasteiger partial charge is 0.247 e. The summed E-state index contributed by atoms with van der Waals surface area (Å²) in [5.74, 6) is -0.377. The lowest BCUT2D eigenvalue weighted by Gasteiger charge is -2.19. The van der Waals surface area contributed by atoms with Gasteiger partial charge in [-0.3, -0.25) is 9.59 Å². The molecule has 0 spiro atoms. The molecule has 3 aromatic carbocycles. The van der Waals surface area contributed by atoms with Crippen molar-refractivity contribution in [3.63, 3.8) is 0 Å². The highest BCUT2D eigenvalue weighted by molar-refractivity contribution is 6.13. The van der Waals surface area contributed by atoms with Gasteiger partial charge in [0.25, 0.3) is 0 Å². The molecule has 0 aliphatic carbocycles. The first-order chi connectivity index (χ1) is 13.1. The predicted molar refractivity (Wildman–Crippen MR) is 108 cm³/mol. The summed E-state index contributed by atoms with van der Waals surface area (Å²) in [6.45, 7) is 1.93. The van der Waals surface area contributed by atoms with Gasteiger partial charge in [0, 0.05) is 11.1 Å². The molecular weight excluding hydrogens is 338 g/mol. The zero-order chi connectivity index (χ0) is 18.8. The monoisotopic (exact) mass is 359 g/mol. The summed E-state index contributed by atoms with van der Waals surface area (Å²) in [6.07, 6.45) is 0.0629. The molecule has 0 saturated heterocycles. The Morgan fingerprint density at radius 3 is 2.44 bits per heavy atom. The van der Waals surface area contributed by atoms with Gasteiger partial charge < -0.3 is 16.0 Å². The van der Waals surface area contributed by atoms with E-state index in [-0.39, 0.29) is 24.3 Å². The van der Waals surface area contributed by atoms with Gasteiger partial charge in [0.1, 0.15) is 6.04 Å². The minimum absolute atomic E-state index is 0.0629. The third-order valence-electron chi connectivity index (χ3n) is 4.88. The Balaban J connectivity index is 1.51. The molecule has 136 valence electrons. The highest BCUT2D eigenvalue weighted by Crippen LogP contribution is 2.33. The maximum absolute atomic E-state index is 12.7. The fourth-order valence-corrected chi connectivity index (χ4v) is 3.49. The Morgan fingerprint density at radius 1 is 1.00 bits per heavy atom. The molecule has 5 heteroatoms. The van der Waals surface area contributed by atoms with Crippen molar-refractivity contribution in [2.75, 3.05) is 10.6 Å². The van der Waals surface area contributed by atoms with Gasteiger partial charge in [-0.15, -0.1) is 0 Å². The highest BCUT2D eigenvalue weighted by Gasteiger charge is 2.27. The largest absolute Gasteiger partial charge is 0.373 e. The minimum atomic E-state index is -0.633. The molecule has 0 saturated carbocycles. The van der Waals surface area contributed by atoms with Gasteiger partial charge in [0.05, 0.1) is 18.2 Å². The average Bonchev–Trinajstić information content (AvgIpc) is 2.81. The topological polar surface area (TPSA) is 70.2 Å². The molecule has 0 unspecified atom stereocenters. The van der Waals surface area contributed by atoms with E-state index < -0.39 is 6.04 Å². The van der Waals surface area contributed by atoms with Crippen LogP contribution in [0.25, 0.3) is 10.8 Å². The Morgan fingerprint density at radius 2 is 1.70 bits per heavy atom. The summed E-state index contributed by atoms with van der Waals surface area (Å²) in [5, 5.41) is 11.2. The zero-order valence-electron chi connectivity index (χ0n) is 15.0. The van der Waals surface area contributed by atoms with Crippen molar-refractivity contribution < 1.29 is 9.59 Å². The second-order valence-electron chi connectivity index (χ2n) is 6.80. The van der Waals surface area contributed by atoms with Crippen LogP contribution in [0.4, 0.5) is 11.4 Å². The number of amides is 2. The Labute approximate surface area is 157 Å². The number of carbonyl (C=O) groups is 2.